The maximum Gasteiger partial charge on any atom is 0.252 e. The van der Waals surface area contributed by atoms with Gasteiger partial charge in [-0.3, -0.25) is 0 Å². The zero-order valence-electron chi connectivity index (χ0n) is 15.7. The molecule has 150 valence electrons. The van der Waals surface area contributed by atoms with Gasteiger partial charge >= 0.3 is 0 Å². The second-order valence-electron chi connectivity index (χ2n) is 8.16. The molecular formula is C21H20F3N5. The van der Waals surface area contributed by atoms with Crippen LogP contribution in [0.1, 0.15) is 67.6 Å². The molecule has 0 amide bonds. The van der Waals surface area contributed by atoms with E-state index in [9.17, 15) is 8.78 Å². The van der Waals surface area contributed by atoms with E-state index in [1.54, 1.807) is 12.1 Å². The highest BCUT2D eigenvalue weighted by Gasteiger charge is 2.48. The fourth-order valence-corrected chi connectivity index (χ4v) is 4.23. The summed E-state index contributed by atoms with van der Waals surface area (Å²) in [7, 11) is 0. The second kappa shape index (κ2) is 6.70. The molecular weight excluding hydrogens is 379 g/mol. The van der Waals surface area contributed by atoms with Crippen LogP contribution < -0.4 is 5.32 Å². The number of benzene rings is 1. The highest BCUT2D eigenvalue weighted by molar-refractivity contribution is 5.40. The van der Waals surface area contributed by atoms with Crippen molar-refractivity contribution in [1.82, 2.24) is 25.5 Å². The Morgan fingerprint density at radius 2 is 1.97 bits per heavy atom. The summed E-state index contributed by atoms with van der Waals surface area (Å²) >= 11 is 0. The summed E-state index contributed by atoms with van der Waals surface area (Å²) in [4.78, 5) is 0. The molecule has 3 aliphatic carbocycles. The lowest BCUT2D eigenvalue weighted by Gasteiger charge is -2.37. The summed E-state index contributed by atoms with van der Waals surface area (Å²) in [5, 5.41) is 15.2. The Kier molecular flexibility index (Phi) is 4.24. The van der Waals surface area contributed by atoms with Crippen LogP contribution in [0.5, 0.6) is 0 Å². The molecule has 0 aliphatic heterocycles. The van der Waals surface area contributed by atoms with Gasteiger partial charge in [-0.2, -0.15) is 0 Å². The summed E-state index contributed by atoms with van der Waals surface area (Å²) in [6, 6.07) is 3.86. The van der Waals surface area contributed by atoms with Crippen LogP contribution in [0.4, 0.5) is 13.2 Å². The van der Waals surface area contributed by atoms with E-state index in [-0.39, 0.29) is 24.4 Å². The first-order valence-corrected chi connectivity index (χ1v) is 9.81. The molecule has 3 saturated carbocycles. The number of terminal acetylenes is 1. The molecule has 5 rings (SSSR count). The third-order valence-corrected chi connectivity index (χ3v) is 6.07. The molecule has 2 aromatic rings. The van der Waals surface area contributed by atoms with Gasteiger partial charge in [0.15, 0.2) is 5.82 Å². The Morgan fingerprint density at radius 1 is 1.21 bits per heavy atom. The Labute approximate surface area is 166 Å². The molecule has 3 fully saturated rings. The fraction of sp³-hybridized carbons (Fsp3) is 0.476. The molecule has 0 radical (unpaired) electrons. The number of alkyl halides is 2. The SMILES string of the molecule is C#Cc1cccc(C(NC2CC(=C3CC3)C2)c2nnnn2C2CC(F)(F)C2)c1F. The number of nitrogens with zero attached hydrogens (tertiary/aromatic N) is 4. The molecule has 5 nitrogen and oxygen atoms in total. The lowest BCUT2D eigenvalue weighted by molar-refractivity contribution is -0.108. The molecule has 8 heteroatoms. The zero-order chi connectivity index (χ0) is 20.2. The van der Waals surface area contributed by atoms with Crippen molar-refractivity contribution in [2.24, 2.45) is 0 Å². The van der Waals surface area contributed by atoms with Crippen LogP contribution in [0.2, 0.25) is 0 Å². The predicted octanol–water partition coefficient (Wildman–Crippen LogP) is 3.70. The van der Waals surface area contributed by atoms with E-state index in [1.807, 2.05) is 0 Å². The molecule has 1 unspecified atom stereocenters. The average molecular weight is 399 g/mol. The molecule has 3 aliphatic rings. The maximum atomic E-state index is 15.1. The van der Waals surface area contributed by atoms with Crippen molar-refractivity contribution in [2.75, 3.05) is 0 Å². The van der Waals surface area contributed by atoms with Crippen LogP contribution in [0, 0.1) is 18.2 Å². The van der Waals surface area contributed by atoms with Crippen molar-refractivity contribution < 1.29 is 13.2 Å². The lowest BCUT2D eigenvalue weighted by atomic mass is 9.84. The van der Waals surface area contributed by atoms with E-state index in [0.29, 0.717) is 11.4 Å². The number of allylic oxidation sites excluding steroid dienone is 1. The first kappa shape index (κ1) is 18.4. The lowest BCUT2D eigenvalue weighted by Crippen LogP contribution is -2.43. The van der Waals surface area contributed by atoms with Gasteiger partial charge in [0.25, 0.3) is 5.92 Å². The largest absolute Gasteiger partial charge is 0.300 e. The van der Waals surface area contributed by atoms with Crippen molar-refractivity contribution in [2.45, 2.75) is 62.6 Å². The van der Waals surface area contributed by atoms with Crippen molar-refractivity contribution in [1.29, 1.82) is 0 Å². The highest BCUT2D eigenvalue weighted by Crippen LogP contribution is 2.46. The molecule has 1 aromatic carbocycles. The number of rotatable bonds is 5. The Bertz CT molecular complexity index is 1010. The third-order valence-electron chi connectivity index (χ3n) is 6.07. The van der Waals surface area contributed by atoms with Gasteiger partial charge in [0.2, 0.25) is 0 Å². The minimum Gasteiger partial charge on any atom is -0.300 e. The van der Waals surface area contributed by atoms with Crippen molar-refractivity contribution in [3.8, 4) is 12.3 Å². The van der Waals surface area contributed by atoms with Crippen LogP contribution in [-0.2, 0) is 0 Å². The van der Waals surface area contributed by atoms with Gasteiger partial charge in [0, 0.05) is 24.4 Å². The van der Waals surface area contributed by atoms with E-state index in [0.717, 1.165) is 12.8 Å². The minimum atomic E-state index is -2.70. The standard InChI is InChI=1S/C21H20F3N5/c1-2-12-4-3-5-17(18(12)22)19(25-15-8-14(9-15)13-6-7-13)20-26-27-28-29(20)16-10-21(23,24)11-16/h1,3-5,15-16,19,25H,6-11H2. The summed E-state index contributed by atoms with van der Waals surface area (Å²) in [5.41, 5.74) is 3.48. The number of hydrogen-bond acceptors (Lipinski definition) is 4. The average Bonchev–Trinajstić information content (AvgIpc) is 3.35. The summed E-state index contributed by atoms with van der Waals surface area (Å²) in [5.74, 6) is -0.528. The van der Waals surface area contributed by atoms with Crippen LogP contribution in [0.3, 0.4) is 0 Å². The molecule has 0 saturated heterocycles. The van der Waals surface area contributed by atoms with Crippen LogP contribution in [0.15, 0.2) is 29.3 Å². The fourth-order valence-electron chi connectivity index (χ4n) is 4.23. The van der Waals surface area contributed by atoms with Gasteiger partial charge in [-0.05, 0) is 42.2 Å². The van der Waals surface area contributed by atoms with Gasteiger partial charge in [-0.25, -0.2) is 17.9 Å². The van der Waals surface area contributed by atoms with Crippen molar-refractivity contribution in [3.05, 3.63) is 52.1 Å². The van der Waals surface area contributed by atoms with E-state index >= 15 is 4.39 Å². The number of aromatic nitrogens is 4. The first-order valence-electron chi connectivity index (χ1n) is 9.81. The molecule has 1 heterocycles. The van der Waals surface area contributed by atoms with Gasteiger partial charge in [0.05, 0.1) is 17.6 Å². The number of hydrogen-bond donors (Lipinski definition) is 1. The van der Waals surface area contributed by atoms with Gasteiger partial charge < -0.3 is 5.32 Å². The van der Waals surface area contributed by atoms with Gasteiger partial charge in [0.1, 0.15) is 5.82 Å². The third kappa shape index (κ3) is 3.33. The van der Waals surface area contributed by atoms with Crippen molar-refractivity contribution >= 4 is 0 Å². The molecule has 0 bridgehead atoms. The van der Waals surface area contributed by atoms with Crippen LogP contribution in [-0.4, -0.2) is 32.2 Å². The molecule has 1 atom stereocenters. The van der Waals surface area contributed by atoms with E-state index in [4.69, 9.17) is 6.42 Å². The topological polar surface area (TPSA) is 55.6 Å². The summed E-state index contributed by atoms with van der Waals surface area (Å²) in [6.45, 7) is 0. The maximum absolute atomic E-state index is 15.1. The molecule has 1 aromatic heterocycles. The molecule has 0 spiro atoms. The van der Waals surface area contributed by atoms with Gasteiger partial charge in [-0.15, -0.1) is 11.5 Å². The quantitative estimate of drug-likeness (QED) is 0.615. The zero-order valence-corrected chi connectivity index (χ0v) is 15.7. The highest BCUT2D eigenvalue weighted by atomic mass is 19.3. The Balaban J connectivity index is 1.48. The Morgan fingerprint density at radius 3 is 2.62 bits per heavy atom. The smallest absolute Gasteiger partial charge is 0.252 e. The van der Waals surface area contributed by atoms with E-state index < -0.39 is 23.8 Å². The van der Waals surface area contributed by atoms with Crippen molar-refractivity contribution in [3.63, 3.8) is 0 Å². The van der Waals surface area contributed by atoms with E-state index in [2.05, 4.69) is 26.8 Å². The Hall–Kier alpha value is -2.66. The van der Waals surface area contributed by atoms with Crippen LogP contribution >= 0.6 is 0 Å². The molecule has 1 N–H and O–H groups in total. The van der Waals surface area contributed by atoms with Crippen LogP contribution in [0.25, 0.3) is 0 Å². The number of tetrazole rings is 1. The monoisotopic (exact) mass is 399 g/mol. The van der Waals surface area contributed by atoms with E-state index in [1.165, 1.54) is 34.7 Å². The normalized spacial score (nSPS) is 23.9. The number of halogens is 3. The minimum absolute atomic E-state index is 0.151. The second-order valence-corrected chi connectivity index (χ2v) is 8.16. The summed E-state index contributed by atoms with van der Waals surface area (Å²) < 4.78 is 43.3. The first-order chi connectivity index (χ1) is 13.9. The summed E-state index contributed by atoms with van der Waals surface area (Å²) in [6.07, 6.45) is 8.97. The molecule has 29 heavy (non-hydrogen) atoms. The number of nitrogens with one attached hydrogen (secondary N) is 1. The van der Waals surface area contributed by atoms with Gasteiger partial charge in [-0.1, -0.05) is 29.2 Å². The predicted molar refractivity (Wildman–Crippen MR) is 99.6 cm³/mol.